The van der Waals surface area contributed by atoms with E-state index in [-0.39, 0.29) is 12.6 Å². The molecule has 2 aromatic rings. The van der Waals surface area contributed by atoms with E-state index < -0.39 is 0 Å². The number of aliphatic hydroxyl groups excluding tert-OH is 1. The maximum atomic E-state index is 9.60. The second-order valence-corrected chi connectivity index (χ2v) is 4.92. The molecule has 0 radical (unpaired) electrons. The maximum absolute atomic E-state index is 9.60. The molecule has 0 saturated carbocycles. The van der Waals surface area contributed by atoms with E-state index in [1.807, 2.05) is 36.4 Å². The zero-order chi connectivity index (χ0) is 14.4. The van der Waals surface area contributed by atoms with Gasteiger partial charge in [0.15, 0.2) is 0 Å². The number of aliphatic hydroxyl groups is 1. The lowest BCUT2D eigenvalue weighted by molar-refractivity contribution is 0.185. The van der Waals surface area contributed by atoms with Crippen LogP contribution in [0.5, 0.6) is 0 Å². The molecule has 0 bridgehead atoms. The number of ether oxygens (including phenoxy) is 1. The highest BCUT2D eigenvalue weighted by molar-refractivity contribution is 5.47. The van der Waals surface area contributed by atoms with E-state index in [1.165, 1.54) is 5.56 Å². The summed E-state index contributed by atoms with van der Waals surface area (Å²) < 4.78 is 5.10. The Morgan fingerprint density at radius 3 is 2.50 bits per heavy atom. The van der Waals surface area contributed by atoms with E-state index in [1.54, 1.807) is 7.11 Å². The minimum absolute atomic E-state index is 0.0531. The van der Waals surface area contributed by atoms with Gasteiger partial charge in [-0.1, -0.05) is 36.4 Å². The Morgan fingerprint density at radius 2 is 1.90 bits per heavy atom. The van der Waals surface area contributed by atoms with Gasteiger partial charge in [-0.3, -0.25) is 0 Å². The summed E-state index contributed by atoms with van der Waals surface area (Å²) in [6.45, 7) is 2.71. The Balaban J connectivity index is 2.11. The van der Waals surface area contributed by atoms with Crippen LogP contribution in [-0.4, -0.2) is 18.8 Å². The first kappa shape index (κ1) is 14.6. The van der Waals surface area contributed by atoms with Crippen molar-refractivity contribution in [1.29, 1.82) is 0 Å². The number of aryl methyl sites for hydroxylation is 1. The summed E-state index contributed by atoms with van der Waals surface area (Å²) in [4.78, 5) is 0. The van der Waals surface area contributed by atoms with Crippen molar-refractivity contribution in [3.63, 3.8) is 0 Å². The maximum Gasteiger partial charge on any atom is 0.0745 e. The van der Waals surface area contributed by atoms with Gasteiger partial charge < -0.3 is 15.2 Å². The zero-order valence-electron chi connectivity index (χ0n) is 12.0. The Kier molecular flexibility index (Phi) is 5.16. The predicted octanol–water partition coefficient (Wildman–Crippen LogP) is 3.29. The van der Waals surface area contributed by atoms with Gasteiger partial charge in [-0.2, -0.15) is 0 Å². The summed E-state index contributed by atoms with van der Waals surface area (Å²) in [5, 5.41) is 13.0. The molecule has 1 atom stereocenters. The molecular formula is C17H21NO2. The highest BCUT2D eigenvalue weighted by Crippen LogP contribution is 2.20. The van der Waals surface area contributed by atoms with Gasteiger partial charge in [-0.25, -0.2) is 0 Å². The normalized spacial score (nSPS) is 12.2. The van der Waals surface area contributed by atoms with E-state index in [9.17, 15) is 5.11 Å². The van der Waals surface area contributed by atoms with Crippen LogP contribution in [0, 0.1) is 6.92 Å². The molecule has 0 aromatic heterocycles. The van der Waals surface area contributed by atoms with Crippen molar-refractivity contribution in [2.75, 3.05) is 19.0 Å². The molecule has 3 heteroatoms. The topological polar surface area (TPSA) is 41.5 Å². The van der Waals surface area contributed by atoms with Gasteiger partial charge in [-0.15, -0.1) is 0 Å². The molecule has 0 fully saturated rings. The molecular weight excluding hydrogens is 250 g/mol. The average molecular weight is 271 g/mol. The molecule has 20 heavy (non-hydrogen) atoms. The molecule has 2 N–H and O–H groups in total. The first-order valence-corrected chi connectivity index (χ1v) is 6.75. The van der Waals surface area contributed by atoms with E-state index in [0.717, 1.165) is 16.8 Å². The summed E-state index contributed by atoms with van der Waals surface area (Å²) in [5.74, 6) is 0. The van der Waals surface area contributed by atoms with Crippen molar-refractivity contribution in [3.8, 4) is 0 Å². The van der Waals surface area contributed by atoms with Crippen LogP contribution in [0.15, 0.2) is 48.5 Å². The van der Waals surface area contributed by atoms with Crippen LogP contribution in [0.1, 0.15) is 22.7 Å². The Hall–Kier alpha value is -1.84. The van der Waals surface area contributed by atoms with Gasteiger partial charge in [-0.05, 0) is 35.7 Å². The monoisotopic (exact) mass is 271 g/mol. The van der Waals surface area contributed by atoms with Crippen molar-refractivity contribution in [2.24, 2.45) is 0 Å². The second-order valence-electron chi connectivity index (χ2n) is 4.92. The summed E-state index contributed by atoms with van der Waals surface area (Å²) in [6.07, 6.45) is 0. The fourth-order valence-electron chi connectivity index (χ4n) is 2.18. The molecule has 0 spiro atoms. The minimum atomic E-state index is -0.103. The average Bonchev–Trinajstić information content (AvgIpc) is 2.46. The summed E-state index contributed by atoms with van der Waals surface area (Å²) in [5.41, 5.74) is 4.41. The summed E-state index contributed by atoms with van der Waals surface area (Å²) >= 11 is 0. The van der Waals surface area contributed by atoms with Crippen LogP contribution in [0.25, 0.3) is 0 Å². The zero-order valence-corrected chi connectivity index (χ0v) is 12.0. The van der Waals surface area contributed by atoms with E-state index >= 15 is 0 Å². The van der Waals surface area contributed by atoms with Crippen LogP contribution in [0.2, 0.25) is 0 Å². The lowest BCUT2D eigenvalue weighted by atomic mass is 10.0. The summed E-state index contributed by atoms with van der Waals surface area (Å²) in [6, 6.07) is 16.1. The third-order valence-corrected chi connectivity index (χ3v) is 3.23. The molecule has 0 aliphatic carbocycles. The van der Waals surface area contributed by atoms with Gasteiger partial charge in [0.2, 0.25) is 0 Å². The molecule has 0 aliphatic rings. The molecule has 3 nitrogen and oxygen atoms in total. The third-order valence-electron chi connectivity index (χ3n) is 3.23. The molecule has 106 valence electrons. The molecule has 0 saturated heterocycles. The van der Waals surface area contributed by atoms with Crippen LogP contribution in [0.4, 0.5) is 5.69 Å². The van der Waals surface area contributed by atoms with Crippen molar-refractivity contribution >= 4 is 5.69 Å². The van der Waals surface area contributed by atoms with Crippen molar-refractivity contribution in [2.45, 2.75) is 19.6 Å². The number of methoxy groups -OCH3 is 1. The second kappa shape index (κ2) is 7.08. The van der Waals surface area contributed by atoms with Gasteiger partial charge >= 0.3 is 0 Å². The van der Waals surface area contributed by atoms with E-state index in [2.05, 4.69) is 24.4 Å². The Bertz CT molecular complexity index is 537. The number of rotatable bonds is 6. The van der Waals surface area contributed by atoms with Crippen molar-refractivity contribution in [3.05, 3.63) is 65.2 Å². The number of hydrogen-bond donors (Lipinski definition) is 2. The van der Waals surface area contributed by atoms with E-state index in [4.69, 9.17) is 4.74 Å². The standard InChI is InChI=1S/C17H21NO2/c1-13-4-3-5-16(10-13)18-17(11-19)15-8-6-14(7-9-15)12-20-2/h3-10,17-19H,11-12H2,1-2H3. The highest BCUT2D eigenvalue weighted by atomic mass is 16.5. The SMILES string of the molecule is COCc1ccc(C(CO)Nc2cccc(C)c2)cc1. The smallest absolute Gasteiger partial charge is 0.0745 e. The van der Waals surface area contributed by atoms with Gasteiger partial charge in [0.05, 0.1) is 19.3 Å². The molecule has 2 rings (SSSR count). The molecule has 1 unspecified atom stereocenters. The number of hydrogen-bond acceptors (Lipinski definition) is 3. The number of anilines is 1. The van der Waals surface area contributed by atoms with Crippen LogP contribution >= 0.6 is 0 Å². The molecule has 2 aromatic carbocycles. The van der Waals surface area contributed by atoms with Gasteiger partial charge in [0.25, 0.3) is 0 Å². The first-order valence-electron chi connectivity index (χ1n) is 6.75. The summed E-state index contributed by atoms with van der Waals surface area (Å²) in [7, 11) is 1.68. The molecule has 0 amide bonds. The Morgan fingerprint density at radius 1 is 1.15 bits per heavy atom. The fraction of sp³-hybridized carbons (Fsp3) is 0.294. The number of nitrogens with one attached hydrogen (secondary N) is 1. The van der Waals surface area contributed by atoms with Crippen molar-refractivity contribution in [1.82, 2.24) is 0 Å². The predicted molar refractivity (Wildman–Crippen MR) is 81.8 cm³/mol. The van der Waals surface area contributed by atoms with E-state index in [0.29, 0.717) is 6.61 Å². The first-order chi connectivity index (χ1) is 9.72. The van der Waals surface area contributed by atoms with Crippen molar-refractivity contribution < 1.29 is 9.84 Å². The number of benzene rings is 2. The highest BCUT2D eigenvalue weighted by Gasteiger charge is 2.10. The largest absolute Gasteiger partial charge is 0.394 e. The van der Waals surface area contributed by atoms with Gasteiger partial charge in [0.1, 0.15) is 0 Å². The molecule has 0 heterocycles. The Labute approximate surface area is 120 Å². The lowest BCUT2D eigenvalue weighted by Crippen LogP contribution is -2.14. The third kappa shape index (κ3) is 3.83. The molecule has 0 aliphatic heterocycles. The van der Waals surface area contributed by atoms with Crippen LogP contribution in [-0.2, 0) is 11.3 Å². The lowest BCUT2D eigenvalue weighted by Gasteiger charge is -2.18. The quantitative estimate of drug-likeness (QED) is 0.847. The van der Waals surface area contributed by atoms with Gasteiger partial charge in [0, 0.05) is 12.8 Å². The van der Waals surface area contributed by atoms with Crippen LogP contribution in [0.3, 0.4) is 0 Å². The fourth-order valence-corrected chi connectivity index (χ4v) is 2.18. The van der Waals surface area contributed by atoms with Crippen LogP contribution < -0.4 is 5.32 Å². The minimum Gasteiger partial charge on any atom is -0.394 e.